The van der Waals surface area contributed by atoms with E-state index < -0.39 is 0 Å². The average Bonchev–Trinajstić information content (AvgIpc) is 2.64. The van der Waals surface area contributed by atoms with E-state index in [1.54, 1.807) is 0 Å². The highest BCUT2D eigenvalue weighted by Crippen LogP contribution is 2.15. The lowest BCUT2D eigenvalue weighted by Gasteiger charge is -2.34. The number of anilines is 1. The van der Waals surface area contributed by atoms with Crippen molar-refractivity contribution >= 4 is 11.6 Å². The molecule has 0 bridgehead atoms. The lowest BCUT2D eigenvalue weighted by Crippen LogP contribution is -2.48. The summed E-state index contributed by atoms with van der Waals surface area (Å²) in [5.74, 6) is 0.0815. The maximum atomic E-state index is 12.4. The molecule has 0 radical (unpaired) electrons. The van der Waals surface area contributed by atoms with Crippen molar-refractivity contribution in [2.45, 2.75) is 26.8 Å². The molecule has 3 rings (SSSR count). The van der Waals surface area contributed by atoms with Crippen molar-refractivity contribution < 1.29 is 4.79 Å². The fourth-order valence-corrected chi connectivity index (χ4v) is 3.52. The Bertz CT molecular complexity index is 736. The van der Waals surface area contributed by atoms with E-state index in [0.29, 0.717) is 6.54 Å². The number of carbonyl (C=O) groups is 1. The molecular formula is C22H29N3O. The predicted octanol–water partition coefficient (Wildman–Crippen LogP) is 3.31. The average molecular weight is 351 g/mol. The van der Waals surface area contributed by atoms with Crippen LogP contribution in [0.1, 0.15) is 23.6 Å². The van der Waals surface area contributed by atoms with Gasteiger partial charge < -0.3 is 5.32 Å². The number of hydrogen-bond acceptors (Lipinski definition) is 3. The Morgan fingerprint density at radius 1 is 1.00 bits per heavy atom. The zero-order chi connectivity index (χ0) is 18.4. The second kappa shape index (κ2) is 8.97. The molecule has 0 aromatic heterocycles. The predicted molar refractivity (Wildman–Crippen MR) is 107 cm³/mol. The van der Waals surface area contributed by atoms with E-state index in [-0.39, 0.29) is 5.91 Å². The molecule has 26 heavy (non-hydrogen) atoms. The molecule has 0 aliphatic carbocycles. The highest BCUT2D eigenvalue weighted by atomic mass is 16.2. The van der Waals surface area contributed by atoms with Gasteiger partial charge in [0.2, 0.25) is 5.91 Å². The van der Waals surface area contributed by atoms with Gasteiger partial charge in [-0.1, -0.05) is 55.0 Å². The molecule has 1 aliphatic rings. The number of carbonyl (C=O) groups excluding carboxylic acids is 1. The molecule has 1 amide bonds. The van der Waals surface area contributed by atoms with Crippen LogP contribution in [-0.2, 0) is 17.8 Å². The zero-order valence-electron chi connectivity index (χ0n) is 15.9. The summed E-state index contributed by atoms with van der Waals surface area (Å²) >= 11 is 0. The van der Waals surface area contributed by atoms with Gasteiger partial charge in [-0.15, -0.1) is 0 Å². The van der Waals surface area contributed by atoms with Crippen LogP contribution in [0.15, 0.2) is 48.5 Å². The Morgan fingerprint density at radius 2 is 1.73 bits per heavy atom. The van der Waals surface area contributed by atoms with Crippen molar-refractivity contribution in [3.8, 4) is 0 Å². The summed E-state index contributed by atoms with van der Waals surface area (Å²) in [6.45, 7) is 9.60. The van der Waals surface area contributed by atoms with Crippen molar-refractivity contribution in [3.63, 3.8) is 0 Å². The molecule has 0 atom stereocenters. The molecule has 4 heteroatoms. The smallest absolute Gasteiger partial charge is 0.238 e. The van der Waals surface area contributed by atoms with Crippen LogP contribution < -0.4 is 5.32 Å². The van der Waals surface area contributed by atoms with E-state index in [0.717, 1.165) is 44.8 Å². The van der Waals surface area contributed by atoms with Crippen LogP contribution in [0.4, 0.5) is 5.69 Å². The van der Waals surface area contributed by atoms with E-state index in [9.17, 15) is 4.79 Å². The van der Waals surface area contributed by atoms with Gasteiger partial charge in [0, 0.05) is 38.4 Å². The zero-order valence-corrected chi connectivity index (χ0v) is 15.9. The fourth-order valence-electron chi connectivity index (χ4n) is 3.52. The van der Waals surface area contributed by atoms with Gasteiger partial charge in [0.15, 0.2) is 0 Å². The summed E-state index contributed by atoms with van der Waals surface area (Å²) < 4.78 is 0. The molecule has 2 aromatic carbocycles. The first-order chi connectivity index (χ1) is 12.6. The Labute approximate surface area is 156 Å². The number of amides is 1. The Balaban J connectivity index is 1.45. The molecule has 1 aliphatic heterocycles. The summed E-state index contributed by atoms with van der Waals surface area (Å²) in [4.78, 5) is 17.1. The first-order valence-corrected chi connectivity index (χ1v) is 9.52. The van der Waals surface area contributed by atoms with Crippen molar-refractivity contribution in [2.24, 2.45) is 0 Å². The van der Waals surface area contributed by atoms with Gasteiger partial charge in [-0.25, -0.2) is 0 Å². The second-order valence-electron chi connectivity index (χ2n) is 7.10. The Kier molecular flexibility index (Phi) is 6.42. The molecule has 1 heterocycles. The number of benzene rings is 2. The van der Waals surface area contributed by atoms with Gasteiger partial charge in [0.25, 0.3) is 0 Å². The lowest BCUT2D eigenvalue weighted by atomic mass is 10.1. The van der Waals surface area contributed by atoms with Crippen LogP contribution in [0.5, 0.6) is 0 Å². The van der Waals surface area contributed by atoms with Gasteiger partial charge >= 0.3 is 0 Å². The van der Waals surface area contributed by atoms with Crippen molar-refractivity contribution in [1.82, 2.24) is 9.80 Å². The quantitative estimate of drug-likeness (QED) is 0.867. The maximum absolute atomic E-state index is 12.4. The van der Waals surface area contributed by atoms with E-state index in [1.165, 1.54) is 16.7 Å². The first-order valence-electron chi connectivity index (χ1n) is 9.52. The minimum atomic E-state index is 0.0815. The van der Waals surface area contributed by atoms with Crippen LogP contribution in [-0.4, -0.2) is 48.4 Å². The summed E-state index contributed by atoms with van der Waals surface area (Å²) in [5.41, 5.74) is 4.81. The highest BCUT2D eigenvalue weighted by molar-refractivity contribution is 5.93. The number of nitrogens with one attached hydrogen (secondary N) is 1. The third-order valence-corrected chi connectivity index (χ3v) is 4.99. The minimum absolute atomic E-state index is 0.0815. The van der Waals surface area contributed by atoms with Crippen molar-refractivity contribution in [1.29, 1.82) is 0 Å². The third kappa shape index (κ3) is 5.16. The highest BCUT2D eigenvalue weighted by Gasteiger charge is 2.19. The molecule has 0 saturated carbocycles. The molecule has 0 unspecified atom stereocenters. The van der Waals surface area contributed by atoms with Gasteiger partial charge in [-0.2, -0.15) is 0 Å². The molecule has 1 fully saturated rings. The van der Waals surface area contributed by atoms with E-state index in [2.05, 4.69) is 59.3 Å². The molecule has 0 spiro atoms. The number of piperazine rings is 1. The van der Waals surface area contributed by atoms with Gasteiger partial charge in [0.05, 0.1) is 6.54 Å². The van der Waals surface area contributed by atoms with Crippen LogP contribution in [0, 0.1) is 6.92 Å². The number of para-hydroxylation sites is 1. The molecule has 1 N–H and O–H groups in total. The molecule has 138 valence electrons. The maximum Gasteiger partial charge on any atom is 0.238 e. The minimum Gasteiger partial charge on any atom is -0.325 e. The summed E-state index contributed by atoms with van der Waals surface area (Å²) in [7, 11) is 0. The van der Waals surface area contributed by atoms with Crippen molar-refractivity contribution in [2.75, 3.05) is 38.0 Å². The van der Waals surface area contributed by atoms with Gasteiger partial charge in [0.1, 0.15) is 0 Å². The number of nitrogens with zero attached hydrogens (tertiary/aromatic N) is 2. The van der Waals surface area contributed by atoms with Crippen molar-refractivity contribution in [3.05, 3.63) is 65.2 Å². The molecule has 1 saturated heterocycles. The van der Waals surface area contributed by atoms with E-state index >= 15 is 0 Å². The van der Waals surface area contributed by atoms with E-state index in [4.69, 9.17) is 0 Å². The molecule has 2 aromatic rings. The van der Waals surface area contributed by atoms with Crippen LogP contribution in [0.2, 0.25) is 0 Å². The fraction of sp³-hybridized carbons (Fsp3) is 0.409. The lowest BCUT2D eigenvalue weighted by molar-refractivity contribution is -0.117. The summed E-state index contributed by atoms with van der Waals surface area (Å²) in [5, 5.41) is 3.07. The standard InChI is InChI=1S/C22H29N3O/c1-3-20-9-4-5-10-21(20)23-22(26)17-25-13-11-24(12-14-25)16-19-8-6-7-18(2)15-19/h4-10,15H,3,11-14,16-17H2,1-2H3,(H,23,26). The van der Waals surface area contributed by atoms with Crippen LogP contribution >= 0.6 is 0 Å². The number of aryl methyl sites for hydroxylation is 2. The largest absolute Gasteiger partial charge is 0.325 e. The Hall–Kier alpha value is -2.17. The molecular weight excluding hydrogens is 322 g/mol. The second-order valence-corrected chi connectivity index (χ2v) is 7.10. The first kappa shape index (κ1) is 18.6. The van der Waals surface area contributed by atoms with E-state index in [1.807, 2.05) is 18.2 Å². The topological polar surface area (TPSA) is 35.6 Å². The van der Waals surface area contributed by atoms with Crippen LogP contribution in [0.25, 0.3) is 0 Å². The normalized spacial score (nSPS) is 15.8. The van der Waals surface area contributed by atoms with Gasteiger partial charge in [-0.05, 0) is 30.5 Å². The SMILES string of the molecule is CCc1ccccc1NC(=O)CN1CCN(Cc2cccc(C)c2)CC1. The van der Waals surface area contributed by atoms with Crippen LogP contribution in [0.3, 0.4) is 0 Å². The molecule has 4 nitrogen and oxygen atoms in total. The third-order valence-electron chi connectivity index (χ3n) is 4.99. The monoisotopic (exact) mass is 351 g/mol. The summed E-state index contributed by atoms with van der Waals surface area (Å²) in [6, 6.07) is 16.7. The number of rotatable bonds is 6. The summed E-state index contributed by atoms with van der Waals surface area (Å²) in [6.07, 6.45) is 0.925. The Morgan fingerprint density at radius 3 is 2.46 bits per heavy atom. The number of hydrogen-bond donors (Lipinski definition) is 1. The van der Waals surface area contributed by atoms with Gasteiger partial charge in [-0.3, -0.25) is 14.6 Å².